The highest BCUT2D eigenvalue weighted by molar-refractivity contribution is 9.10. The molecule has 0 aromatic heterocycles. The Hall–Kier alpha value is -3.06. The lowest BCUT2D eigenvalue weighted by molar-refractivity contribution is 0.0589. The Labute approximate surface area is 194 Å². The summed E-state index contributed by atoms with van der Waals surface area (Å²) in [5.41, 5.74) is 2.63. The number of benzene rings is 3. The molecule has 4 rings (SSSR count). The maximum absolute atomic E-state index is 13.4. The molecule has 0 fully saturated rings. The zero-order valence-corrected chi connectivity index (χ0v) is 19.4. The summed E-state index contributed by atoms with van der Waals surface area (Å²) in [6.07, 6.45) is 0.686. The van der Waals surface area contributed by atoms with Gasteiger partial charge >= 0.3 is 0 Å². The molecule has 0 unspecified atom stereocenters. The van der Waals surface area contributed by atoms with E-state index in [1.807, 2.05) is 29.2 Å². The third kappa shape index (κ3) is 4.58. The van der Waals surface area contributed by atoms with Crippen molar-refractivity contribution in [1.29, 1.82) is 0 Å². The van der Waals surface area contributed by atoms with Gasteiger partial charge in [-0.25, -0.2) is 4.39 Å². The predicted octanol–water partition coefficient (Wildman–Crippen LogP) is 5.42. The van der Waals surface area contributed by atoms with Crippen LogP contribution in [0.2, 0.25) is 0 Å². The first-order valence-corrected chi connectivity index (χ1v) is 11.0. The molecule has 0 bridgehead atoms. The van der Waals surface area contributed by atoms with Crippen LogP contribution in [0.3, 0.4) is 0 Å². The molecule has 0 radical (unpaired) electrons. The number of hydrogen-bond acceptors (Lipinski definition) is 4. The fraction of sp³-hybridized carbons (Fsp3) is 0.240. The van der Waals surface area contributed by atoms with E-state index in [1.54, 1.807) is 38.5 Å². The van der Waals surface area contributed by atoms with E-state index in [0.717, 1.165) is 15.6 Å². The number of amides is 1. The third-order valence-electron chi connectivity index (χ3n) is 5.58. The molecule has 1 aliphatic rings. The Kier molecular flexibility index (Phi) is 6.65. The first-order chi connectivity index (χ1) is 15.5. The summed E-state index contributed by atoms with van der Waals surface area (Å²) in [7, 11) is 3.19. The van der Waals surface area contributed by atoms with Crippen LogP contribution in [-0.2, 0) is 6.42 Å². The fourth-order valence-corrected chi connectivity index (χ4v) is 4.18. The first-order valence-electron chi connectivity index (χ1n) is 10.2. The molecule has 0 saturated heterocycles. The number of carbonyl (C=O) groups is 1. The van der Waals surface area contributed by atoms with E-state index in [4.69, 9.17) is 14.2 Å². The molecule has 1 aliphatic heterocycles. The molecule has 1 atom stereocenters. The molecule has 0 aliphatic carbocycles. The number of hydrogen-bond donors (Lipinski definition) is 0. The van der Waals surface area contributed by atoms with Crippen LogP contribution >= 0.6 is 15.9 Å². The van der Waals surface area contributed by atoms with Gasteiger partial charge in [0.2, 0.25) is 0 Å². The van der Waals surface area contributed by atoms with Gasteiger partial charge in [-0.05, 0) is 78.2 Å². The van der Waals surface area contributed by atoms with Crippen LogP contribution in [0.5, 0.6) is 17.2 Å². The highest BCUT2D eigenvalue weighted by Crippen LogP contribution is 2.39. The van der Waals surface area contributed by atoms with Gasteiger partial charge in [0, 0.05) is 16.6 Å². The van der Waals surface area contributed by atoms with Crippen LogP contribution in [0.25, 0.3) is 0 Å². The molecule has 0 saturated carbocycles. The van der Waals surface area contributed by atoms with Crippen molar-refractivity contribution >= 4 is 21.8 Å². The number of carbonyl (C=O) groups excluding carboxylic acids is 1. The largest absolute Gasteiger partial charge is 0.493 e. The van der Waals surface area contributed by atoms with E-state index in [-0.39, 0.29) is 24.4 Å². The lowest BCUT2D eigenvalue weighted by Crippen LogP contribution is -2.42. The summed E-state index contributed by atoms with van der Waals surface area (Å²) < 4.78 is 31.1. The summed E-state index contributed by atoms with van der Waals surface area (Å²) in [6, 6.07) is 16.7. The Bertz CT molecular complexity index is 1100. The van der Waals surface area contributed by atoms with E-state index < -0.39 is 0 Å². The number of ether oxygens (including phenoxy) is 3. The minimum Gasteiger partial charge on any atom is -0.493 e. The second-order valence-electron chi connectivity index (χ2n) is 7.44. The van der Waals surface area contributed by atoms with Gasteiger partial charge in [0.1, 0.15) is 18.2 Å². The van der Waals surface area contributed by atoms with Crippen molar-refractivity contribution in [1.82, 2.24) is 4.90 Å². The van der Waals surface area contributed by atoms with E-state index in [0.29, 0.717) is 35.8 Å². The highest BCUT2D eigenvalue weighted by Gasteiger charge is 2.33. The molecule has 1 heterocycles. The van der Waals surface area contributed by atoms with Crippen molar-refractivity contribution in [3.8, 4) is 17.2 Å². The topological polar surface area (TPSA) is 48.0 Å². The van der Waals surface area contributed by atoms with Gasteiger partial charge in [0.05, 0.1) is 20.3 Å². The van der Waals surface area contributed by atoms with E-state index >= 15 is 0 Å². The molecule has 3 aromatic carbocycles. The maximum Gasteiger partial charge on any atom is 0.254 e. The average Bonchev–Trinajstić information content (AvgIpc) is 2.82. The van der Waals surface area contributed by atoms with Crippen LogP contribution in [0, 0.1) is 5.82 Å². The highest BCUT2D eigenvalue weighted by atomic mass is 79.9. The van der Waals surface area contributed by atoms with Crippen molar-refractivity contribution in [2.24, 2.45) is 0 Å². The first kappa shape index (κ1) is 22.1. The van der Waals surface area contributed by atoms with E-state index in [2.05, 4.69) is 15.9 Å². The molecule has 3 aromatic rings. The van der Waals surface area contributed by atoms with Gasteiger partial charge in [-0.2, -0.15) is 0 Å². The third-order valence-corrected chi connectivity index (χ3v) is 6.10. The Balaban J connectivity index is 1.69. The van der Waals surface area contributed by atoms with Crippen LogP contribution in [-0.4, -0.2) is 38.2 Å². The van der Waals surface area contributed by atoms with Crippen LogP contribution < -0.4 is 14.2 Å². The summed E-state index contributed by atoms with van der Waals surface area (Å²) in [6.45, 7) is 0.755. The molecular weight excluding hydrogens is 477 g/mol. The van der Waals surface area contributed by atoms with Gasteiger partial charge in [0.25, 0.3) is 5.91 Å². The van der Waals surface area contributed by atoms with Gasteiger partial charge in [-0.15, -0.1) is 0 Å². The zero-order chi connectivity index (χ0) is 22.7. The monoisotopic (exact) mass is 499 g/mol. The Morgan fingerprint density at radius 2 is 1.69 bits per heavy atom. The smallest absolute Gasteiger partial charge is 0.254 e. The number of nitrogens with zero attached hydrogens (tertiary/aromatic N) is 1. The number of halogens is 2. The summed E-state index contributed by atoms with van der Waals surface area (Å²) in [5, 5.41) is 0. The molecule has 0 N–H and O–H groups in total. The van der Waals surface area contributed by atoms with Crippen LogP contribution in [0.15, 0.2) is 65.1 Å². The molecule has 7 heteroatoms. The predicted molar refractivity (Wildman–Crippen MR) is 123 cm³/mol. The van der Waals surface area contributed by atoms with Gasteiger partial charge in [0.15, 0.2) is 11.5 Å². The quantitative estimate of drug-likeness (QED) is 0.454. The van der Waals surface area contributed by atoms with Gasteiger partial charge in [-0.1, -0.05) is 15.9 Å². The summed E-state index contributed by atoms with van der Waals surface area (Å²) in [4.78, 5) is 15.2. The number of rotatable bonds is 6. The average molecular weight is 500 g/mol. The molecule has 32 heavy (non-hydrogen) atoms. The van der Waals surface area contributed by atoms with Crippen molar-refractivity contribution in [2.45, 2.75) is 12.5 Å². The Morgan fingerprint density at radius 3 is 2.34 bits per heavy atom. The number of methoxy groups -OCH3 is 2. The molecule has 166 valence electrons. The molecule has 5 nitrogen and oxygen atoms in total. The molecular formula is C25H23BrFNO4. The maximum atomic E-state index is 13.4. The minimum absolute atomic E-state index is 0.0781. The standard InChI is InChI=1S/C25H23BrFNO4/c1-30-23-13-17-11-12-28(25(29)16-3-5-18(26)6-4-16)22(21(17)14-24(23)31-2)15-32-20-9-7-19(27)8-10-20/h3-10,13-14,22H,11-12,15H2,1-2H3/t22-/m1/s1. The molecule has 1 amide bonds. The zero-order valence-electron chi connectivity index (χ0n) is 17.8. The van der Waals surface area contributed by atoms with Crippen LogP contribution in [0.4, 0.5) is 4.39 Å². The second-order valence-corrected chi connectivity index (χ2v) is 8.36. The van der Waals surface area contributed by atoms with Crippen molar-refractivity contribution in [3.05, 3.63) is 87.6 Å². The van der Waals surface area contributed by atoms with Gasteiger partial charge in [-0.3, -0.25) is 4.79 Å². The van der Waals surface area contributed by atoms with E-state index in [9.17, 15) is 9.18 Å². The fourth-order valence-electron chi connectivity index (χ4n) is 3.92. The summed E-state index contributed by atoms with van der Waals surface area (Å²) in [5.74, 6) is 1.37. The van der Waals surface area contributed by atoms with Crippen molar-refractivity contribution in [3.63, 3.8) is 0 Å². The van der Waals surface area contributed by atoms with E-state index in [1.165, 1.54) is 12.1 Å². The van der Waals surface area contributed by atoms with Gasteiger partial charge < -0.3 is 19.1 Å². The summed E-state index contributed by atoms with van der Waals surface area (Å²) >= 11 is 3.41. The Morgan fingerprint density at radius 1 is 1.03 bits per heavy atom. The second kappa shape index (κ2) is 9.61. The molecule has 0 spiro atoms. The van der Waals surface area contributed by atoms with Crippen molar-refractivity contribution < 1.29 is 23.4 Å². The minimum atomic E-state index is -0.347. The number of fused-ring (bicyclic) bond motifs is 1. The lowest BCUT2D eigenvalue weighted by Gasteiger charge is -2.37. The van der Waals surface area contributed by atoms with Crippen molar-refractivity contribution in [2.75, 3.05) is 27.4 Å². The lowest BCUT2D eigenvalue weighted by atomic mass is 9.91. The SMILES string of the molecule is COc1cc2c(cc1OC)[C@@H](COc1ccc(F)cc1)N(C(=O)c1ccc(Br)cc1)CC2. The normalized spacial score (nSPS) is 15.1. The van der Waals surface area contributed by atoms with Crippen LogP contribution in [0.1, 0.15) is 27.5 Å².